The van der Waals surface area contributed by atoms with Crippen LogP contribution in [0.2, 0.25) is 5.02 Å². The molecule has 7 nitrogen and oxygen atoms in total. The standard InChI is InChI=1S/C25H25ClF2N4O3/c1-3-5-13-35-25-29-23-15(24(30-25)32-11-9-31(10-12-32)19(34)4-2)14-16(26)20(22(23)28)21-17(27)7-6-8-18(21)33/h4,6-8,14,33H,2-3,5,9-13H2,1H3. The smallest absolute Gasteiger partial charge is 0.319 e. The Morgan fingerprint density at radius 1 is 1.23 bits per heavy atom. The lowest BCUT2D eigenvalue weighted by Gasteiger charge is -2.35. The molecule has 1 fully saturated rings. The largest absolute Gasteiger partial charge is 0.507 e. The zero-order valence-corrected chi connectivity index (χ0v) is 20.0. The second-order valence-corrected chi connectivity index (χ2v) is 8.53. The number of phenols is 1. The van der Waals surface area contributed by atoms with Crippen LogP contribution in [-0.4, -0.2) is 58.7 Å². The molecule has 3 aromatic rings. The van der Waals surface area contributed by atoms with Gasteiger partial charge in [-0.3, -0.25) is 4.79 Å². The zero-order valence-electron chi connectivity index (χ0n) is 19.2. The van der Waals surface area contributed by atoms with Gasteiger partial charge in [-0.05, 0) is 30.7 Å². The number of hydrogen-bond acceptors (Lipinski definition) is 6. The van der Waals surface area contributed by atoms with E-state index in [4.69, 9.17) is 16.3 Å². The third-order valence-corrected chi connectivity index (χ3v) is 6.18. The maximum atomic E-state index is 15.9. The van der Waals surface area contributed by atoms with Crippen LogP contribution in [0.15, 0.2) is 36.9 Å². The number of carbonyl (C=O) groups excluding carboxylic acids is 1. The van der Waals surface area contributed by atoms with Crippen molar-refractivity contribution < 1.29 is 23.4 Å². The molecule has 1 N–H and O–H groups in total. The van der Waals surface area contributed by atoms with Gasteiger partial charge in [0.1, 0.15) is 22.9 Å². The summed E-state index contributed by atoms with van der Waals surface area (Å²) in [4.78, 5) is 24.3. The number of amides is 1. The molecule has 0 spiro atoms. The van der Waals surface area contributed by atoms with Gasteiger partial charge < -0.3 is 19.6 Å². The number of piperazine rings is 1. The predicted molar refractivity (Wildman–Crippen MR) is 131 cm³/mol. The molecular weight excluding hydrogens is 478 g/mol. The Hall–Kier alpha value is -3.46. The van der Waals surface area contributed by atoms with E-state index in [0.717, 1.165) is 18.9 Å². The summed E-state index contributed by atoms with van der Waals surface area (Å²) in [7, 11) is 0. The number of anilines is 1. The Morgan fingerprint density at radius 3 is 2.63 bits per heavy atom. The van der Waals surface area contributed by atoms with E-state index in [1.165, 1.54) is 24.3 Å². The molecule has 1 aliphatic heterocycles. The minimum absolute atomic E-state index is 0.0181. The van der Waals surface area contributed by atoms with Gasteiger partial charge in [-0.2, -0.15) is 9.97 Å². The van der Waals surface area contributed by atoms with Gasteiger partial charge in [0.05, 0.1) is 17.2 Å². The van der Waals surface area contributed by atoms with Crippen molar-refractivity contribution in [2.45, 2.75) is 19.8 Å². The molecule has 0 atom stereocenters. The molecule has 0 aliphatic carbocycles. The minimum atomic E-state index is -0.891. The number of nitrogens with zero attached hydrogens (tertiary/aromatic N) is 4. The molecule has 1 saturated heterocycles. The average molecular weight is 503 g/mol. The van der Waals surface area contributed by atoms with Crippen LogP contribution in [0, 0.1) is 11.6 Å². The van der Waals surface area contributed by atoms with Gasteiger partial charge in [0, 0.05) is 37.1 Å². The summed E-state index contributed by atoms with van der Waals surface area (Å²) in [5.74, 6) is -1.91. The summed E-state index contributed by atoms with van der Waals surface area (Å²) >= 11 is 6.44. The Kier molecular flexibility index (Phi) is 7.35. The second kappa shape index (κ2) is 10.4. The molecule has 0 radical (unpaired) electrons. The predicted octanol–water partition coefficient (Wildman–Crippen LogP) is 4.95. The fourth-order valence-electron chi connectivity index (χ4n) is 4.03. The number of fused-ring (bicyclic) bond motifs is 1. The number of rotatable bonds is 7. The summed E-state index contributed by atoms with van der Waals surface area (Å²) in [6.07, 6.45) is 2.92. The van der Waals surface area contributed by atoms with Crippen molar-refractivity contribution in [3.8, 4) is 22.9 Å². The van der Waals surface area contributed by atoms with E-state index < -0.39 is 17.4 Å². The summed E-state index contributed by atoms with van der Waals surface area (Å²) in [5, 5.41) is 10.5. The Morgan fingerprint density at radius 2 is 1.97 bits per heavy atom. The molecule has 10 heteroatoms. The highest BCUT2D eigenvalue weighted by molar-refractivity contribution is 6.34. The number of aromatic hydroxyl groups is 1. The van der Waals surface area contributed by atoms with Gasteiger partial charge in [-0.1, -0.05) is 37.6 Å². The third kappa shape index (κ3) is 4.86. The molecule has 1 aromatic heterocycles. The molecule has 0 bridgehead atoms. The van der Waals surface area contributed by atoms with E-state index in [1.54, 1.807) is 4.90 Å². The van der Waals surface area contributed by atoms with E-state index >= 15 is 4.39 Å². The normalized spacial score (nSPS) is 13.8. The Labute approximate surface area is 206 Å². The lowest BCUT2D eigenvalue weighted by molar-refractivity contribution is -0.126. The first-order chi connectivity index (χ1) is 16.8. The van der Waals surface area contributed by atoms with Crippen LogP contribution < -0.4 is 9.64 Å². The van der Waals surface area contributed by atoms with Crippen LogP contribution in [0.1, 0.15) is 19.8 Å². The second-order valence-electron chi connectivity index (χ2n) is 8.13. The lowest BCUT2D eigenvalue weighted by Crippen LogP contribution is -2.48. The van der Waals surface area contributed by atoms with Crippen molar-refractivity contribution in [3.63, 3.8) is 0 Å². The summed E-state index contributed by atoms with van der Waals surface area (Å²) in [6, 6.07) is 5.14. The average Bonchev–Trinajstić information content (AvgIpc) is 2.85. The lowest BCUT2D eigenvalue weighted by atomic mass is 10.0. The van der Waals surface area contributed by atoms with E-state index in [9.17, 15) is 14.3 Å². The van der Waals surface area contributed by atoms with Crippen LogP contribution >= 0.6 is 11.6 Å². The Bertz CT molecular complexity index is 1260. The van der Waals surface area contributed by atoms with E-state index in [2.05, 4.69) is 16.5 Å². The van der Waals surface area contributed by atoms with E-state index in [0.29, 0.717) is 44.0 Å². The molecule has 4 rings (SSSR count). The zero-order chi connectivity index (χ0) is 25.1. The molecule has 2 aromatic carbocycles. The number of halogens is 3. The third-order valence-electron chi connectivity index (χ3n) is 5.88. The van der Waals surface area contributed by atoms with Gasteiger partial charge in [0.25, 0.3) is 0 Å². The summed E-state index contributed by atoms with van der Waals surface area (Å²) in [5.41, 5.74) is -0.740. The van der Waals surface area contributed by atoms with Gasteiger partial charge in [-0.25, -0.2) is 8.78 Å². The van der Waals surface area contributed by atoms with Gasteiger partial charge in [0.2, 0.25) is 5.91 Å². The highest BCUT2D eigenvalue weighted by atomic mass is 35.5. The van der Waals surface area contributed by atoms with Crippen molar-refractivity contribution in [1.29, 1.82) is 0 Å². The van der Waals surface area contributed by atoms with E-state index in [1.807, 2.05) is 11.8 Å². The van der Waals surface area contributed by atoms with Crippen molar-refractivity contribution in [2.75, 3.05) is 37.7 Å². The van der Waals surface area contributed by atoms with Gasteiger partial charge >= 0.3 is 6.01 Å². The first-order valence-electron chi connectivity index (χ1n) is 11.3. The van der Waals surface area contributed by atoms with Crippen molar-refractivity contribution in [3.05, 3.63) is 53.6 Å². The minimum Gasteiger partial charge on any atom is -0.507 e. The molecular formula is C25H25ClF2N4O3. The topological polar surface area (TPSA) is 78.8 Å². The van der Waals surface area contributed by atoms with Crippen molar-refractivity contribution >= 4 is 34.2 Å². The van der Waals surface area contributed by atoms with Crippen LogP contribution in [-0.2, 0) is 4.79 Å². The van der Waals surface area contributed by atoms with Gasteiger partial charge in [-0.15, -0.1) is 0 Å². The number of benzene rings is 2. The fraction of sp³-hybridized carbons (Fsp3) is 0.320. The molecule has 2 heterocycles. The molecule has 35 heavy (non-hydrogen) atoms. The number of carbonyl (C=O) groups is 1. The van der Waals surface area contributed by atoms with Crippen LogP contribution in [0.5, 0.6) is 11.8 Å². The Balaban J connectivity index is 1.85. The highest BCUT2D eigenvalue weighted by Crippen LogP contribution is 2.42. The SMILES string of the molecule is C=CC(=O)N1CCN(c2nc(OCCCC)nc3c(F)c(-c4c(O)cccc4F)c(Cl)cc23)CC1. The molecule has 1 amide bonds. The number of ether oxygens (including phenoxy) is 1. The summed E-state index contributed by atoms with van der Waals surface area (Å²) < 4.78 is 36.2. The number of hydrogen-bond donors (Lipinski definition) is 1. The van der Waals surface area contributed by atoms with Crippen LogP contribution in [0.3, 0.4) is 0 Å². The number of phenolic OH excluding ortho intramolecular Hbond substituents is 1. The number of aromatic nitrogens is 2. The van der Waals surface area contributed by atoms with E-state index in [-0.39, 0.29) is 33.6 Å². The van der Waals surface area contributed by atoms with Crippen LogP contribution in [0.4, 0.5) is 14.6 Å². The van der Waals surface area contributed by atoms with Crippen LogP contribution in [0.25, 0.3) is 22.0 Å². The monoisotopic (exact) mass is 502 g/mol. The molecule has 0 saturated carbocycles. The molecule has 0 unspecified atom stereocenters. The van der Waals surface area contributed by atoms with Crippen molar-refractivity contribution in [2.24, 2.45) is 0 Å². The highest BCUT2D eigenvalue weighted by Gasteiger charge is 2.27. The molecule has 184 valence electrons. The first kappa shape index (κ1) is 24.7. The maximum Gasteiger partial charge on any atom is 0.319 e. The summed E-state index contributed by atoms with van der Waals surface area (Å²) in [6.45, 7) is 7.62. The first-order valence-corrected chi connectivity index (χ1v) is 11.7. The van der Waals surface area contributed by atoms with Crippen molar-refractivity contribution in [1.82, 2.24) is 14.9 Å². The number of unbranched alkanes of at least 4 members (excludes halogenated alkanes) is 1. The quantitative estimate of drug-likeness (QED) is 0.364. The maximum absolute atomic E-state index is 15.9. The van der Waals surface area contributed by atoms with Gasteiger partial charge in [0.15, 0.2) is 5.82 Å². The fourth-order valence-corrected chi connectivity index (χ4v) is 4.32. The molecule has 1 aliphatic rings.